The summed E-state index contributed by atoms with van der Waals surface area (Å²) in [6.07, 6.45) is 3.40. The van der Waals surface area contributed by atoms with Gasteiger partial charge in [0.05, 0.1) is 17.0 Å². The molecular weight excluding hydrogens is 340 g/mol. The van der Waals surface area contributed by atoms with Crippen molar-refractivity contribution in [3.8, 4) is 0 Å². The molecule has 9 heteroatoms. The molecule has 0 heterocycles. The van der Waals surface area contributed by atoms with Gasteiger partial charge in [-0.3, -0.25) is 19.7 Å². The van der Waals surface area contributed by atoms with Crippen LogP contribution in [0.3, 0.4) is 0 Å². The van der Waals surface area contributed by atoms with Crippen LogP contribution in [-0.2, 0) is 9.59 Å². The molecule has 144 valence electrons. The third-order valence-electron chi connectivity index (χ3n) is 3.92. The lowest BCUT2D eigenvalue weighted by Crippen LogP contribution is -2.40. The van der Waals surface area contributed by atoms with Crippen LogP contribution in [0.15, 0.2) is 18.2 Å². The molecule has 26 heavy (non-hydrogen) atoms. The topological polar surface area (TPSA) is 148 Å². The van der Waals surface area contributed by atoms with Gasteiger partial charge in [-0.25, -0.2) is 0 Å². The van der Waals surface area contributed by atoms with E-state index >= 15 is 0 Å². The highest BCUT2D eigenvalue weighted by atomic mass is 16.6. The van der Waals surface area contributed by atoms with Crippen molar-refractivity contribution in [3.63, 3.8) is 0 Å². The summed E-state index contributed by atoms with van der Waals surface area (Å²) >= 11 is 0. The highest BCUT2D eigenvalue weighted by molar-refractivity contribution is 5.94. The zero-order valence-electron chi connectivity index (χ0n) is 14.9. The summed E-state index contributed by atoms with van der Waals surface area (Å²) in [5.74, 6) is -1.63. The second-order valence-corrected chi connectivity index (χ2v) is 6.06. The Morgan fingerprint density at radius 1 is 1.27 bits per heavy atom. The molecular formula is C17H26N4O5. The predicted octanol–water partition coefficient (Wildman–Crippen LogP) is 1.79. The SMILES string of the molecule is Cc1ccc([N+](=O)[O-])cc1NC(=O)C[C@@H](NCCCCCCN)C(=O)O. The minimum Gasteiger partial charge on any atom is -0.480 e. The number of benzene rings is 1. The van der Waals surface area contributed by atoms with E-state index in [1.807, 2.05) is 0 Å². The van der Waals surface area contributed by atoms with Crippen LogP contribution in [0, 0.1) is 17.0 Å². The lowest BCUT2D eigenvalue weighted by Gasteiger charge is -2.15. The Kier molecular flexibility index (Phi) is 9.24. The van der Waals surface area contributed by atoms with E-state index in [4.69, 9.17) is 5.73 Å². The van der Waals surface area contributed by atoms with Crippen LogP contribution < -0.4 is 16.4 Å². The number of carboxylic acid groups (broad SMARTS) is 1. The maximum atomic E-state index is 12.1. The maximum absolute atomic E-state index is 12.1. The summed E-state index contributed by atoms with van der Waals surface area (Å²) in [5, 5.41) is 25.5. The highest BCUT2D eigenvalue weighted by Crippen LogP contribution is 2.22. The average molecular weight is 366 g/mol. The zero-order valence-corrected chi connectivity index (χ0v) is 14.9. The number of carbonyl (C=O) groups is 2. The van der Waals surface area contributed by atoms with Crippen molar-refractivity contribution in [2.45, 2.75) is 45.1 Å². The Labute approximate surface area is 152 Å². The average Bonchev–Trinajstić information content (AvgIpc) is 2.58. The van der Waals surface area contributed by atoms with E-state index < -0.39 is 22.8 Å². The van der Waals surface area contributed by atoms with Gasteiger partial charge in [-0.15, -0.1) is 0 Å². The standard InChI is InChI=1S/C17H26N4O5/c1-12-6-7-13(21(25)26)10-14(12)20-16(22)11-15(17(23)24)19-9-5-3-2-4-8-18/h6-7,10,15,19H,2-5,8-9,11,18H2,1H3,(H,20,22)(H,23,24)/t15-/m1/s1. The van der Waals surface area contributed by atoms with Crippen LogP contribution in [0.25, 0.3) is 0 Å². The number of anilines is 1. The minimum atomic E-state index is -1.11. The van der Waals surface area contributed by atoms with Gasteiger partial charge in [0.2, 0.25) is 5.91 Å². The molecule has 0 saturated heterocycles. The molecule has 0 aliphatic rings. The Bertz CT molecular complexity index is 636. The van der Waals surface area contributed by atoms with Gasteiger partial charge in [-0.2, -0.15) is 0 Å². The molecule has 0 saturated carbocycles. The van der Waals surface area contributed by atoms with E-state index in [0.717, 1.165) is 25.7 Å². The fourth-order valence-corrected chi connectivity index (χ4v) is 2.39. The molecule has 1 amide bonds. The summed E-state index contributed by atoms with van der Waals surface area (Å²) in [6, 6.07) is 3.12. The molecule has 0 aliphatic carbocycles. The summed E-state index contributed by atoms with van der Waals surface area (Å²) in [7, 11) is 0. The van der Waals surface area contributed by atoms with E-state index in [1.165, 1.54) is 18.2 Å². The number of hydrogen-bond donors (Lipinski definition) is 4. The quantitative estimate of drug-likeness (QED) is 0.250. The van der Waals surface area contributed by atoms with E-state index in [-0.39, 0.29) is 12.1 Å². The number of hydrogen-bond acceptors (Lipinski definition) is 6. The van der Waals surface area contributed by atoms with E-state index in [1.54, 1.807) is 6.92 Å². The van der Waals surface area contributed by atoms with E-state index in [9.17, 15) is 24.8 Å². The number of nitrogens with zero attached hydrogens (tertiary/aromatic N) is 1. The van der Waals surface area contributed by atoms with Crippen molar-refractivity contribution in [3.05, 3.63) is 33.9 Å². The number of non-ortho nitro benzene ring substituents is 1. The van der Waals surface area contributed by atoms with Gasteiger partial charge < -0.3 is 21.5 Å². The largest absolute Gasteiger partial charge is 0.480 e. The smallest absolute Gasteiger partial charge is 0.321 e. The van der Waals surface area contributed by atoms with Gasteiger partial charge in [-0.05, 0) is 38.4 Å². The maximum Gasteiger partial charge on any atom is 0.321 e. The second kappa shape index (κ2) is 11.2. The van der Waals surface area contributed by atoms with E-state index in [0.29, 0.717) is 24.3 Å². The normalized spacial score (nSPS) is 11.8. The van der Waals surface area contributed by atoms with Crippen molar-refractivity contribution in [2.75, 3.05) is 18.4 Å². The first kappa shape index (κ1) is 21.5. The van der Waals surface area contributed by atoms with Crippen LogP contribution >= 0.6 is 0 Å². The molecule has 9 nitrogen and oxygen atoms in total. The molecule has 0 fully saturated rings. The summed E-state index contributed by atoms with van der Waals surface area (Å²) in [4.78, 5) is 33.7. The fraction of sp³-hybridized carbons (Fsp3) is 0.529. The zero-order chi connectivity index (χ0) is 19.5. The van der Waals surface area contributed by atoms with Crippen molar-refractivity contribution in [1.29, 1.82) is 0 Å². The van der Waals surface area contributed by atoms with Crippen molar-refractivity contribution >= 4 is 23.3 Å². The first-order valence-electron chi connectivity index (χ1n) is 8.56. The molecule has 1 atom stereocenters. The van der Waals surface area contributed by atoms with Crippen LogP contribution in [0.1, 0.15) is 37.7 Å². The van der Waals surface area contributed by atoms with Crippen molar-refractivity contribution in [1.82, 2.24) is 5.32 Å². The molecule has 5 N–H and O–H groups in total. The molecule has 0 aliphatic heterocycles. The Morgan fingerprint density at radius 2 is 1.96 bits per heavy atom. The second-order valence-electron chi connectivity index (χ2n) is 6.06. The number of unbranched alkanes of at least 4 members (excludes halogenated alkanes) is 3. The predicted molar refractivity (Wildman–Crippen MR) is 98.0 cm³/mol. The number of nitrogens with one attached hydrogen (secondary N) is 2. The number of carboxylic acids is 1. The molecule has 0 aromatic heterocycles. The molecule has 0 radical (unpaired) electrons. The third kappa shape index (κ3) is 7.58. The highest BCUT2D eigenvalue weighted by Gasteiger charge is 2.21. The number of nitro groups is 1. The van der Waals surface area contributed by atoms with Crippen LogP contribution in [0.2, 0.25) is 0 Å². The monoisotopic (exact) mass is 366 g/mol. The number of amides is 1. The van der Waals surface area contributed by atoms with Gasteiger partial charge in [0.25, 0.3) is 5.69 Å². The summed E-state index contributed by atoms with van der Waals surface area (Å²) < 4.78 is 0. The molecule has 1 rings (SSSR count). The number of carbonyl (C=O) groups excluding carboxylic acids is 1. The molecule has 0 bridgehead atoms. The van der Waals surface area contributed by atoms with Crippen LogP contribution in [0.5, 0.6) is 0 Å². The summed E-state index contributed by atoms with van der Waals surface area (Å²) in [6.45, 7) is 2.83. The minimum absolute atomic E-state index is 0.142. The van der Waals surface area contributed by atoms with Gasteiger partial charge in [0.1, 0.15) is 6.04 Å². The number of aryl methyl sites for hydroxylation is 1. The fourth-order valence-electron chi connectivity index (χ4n) is 2.39. The molecule has 1 aromatic carbocycles. The molecule has 0 unspecified atom stereocenters. The van der Waals surface area contributed by atoms with Crippen molar-refractivity contribution in [2.24, 2.45) is 5.73 Å². The number of nitrogens with two attached hydrogens (primary N) is 1. The first-order chi connectivity index (χ1) is 12.3. The van der Waals surface area contributed by atoms with E-state index in [2.05, 4.69) is 10.6 Å². The lowest BCUT2D eigenvalue weighted by molar-refractivity contribution is -0.384. The number of aliphatic carboxylic acids is 1. The molecule has 1 aromatic rings. The van der Waals surface area contributed by atoms with Crippen molar-refractivity contribution < 1.29 is 19.6 Å². The Hall–Kier alpha value is -2.52. The number of nitro benzene ring substituents is 1. The van der Waals surface area contributed by atoms with Gasteiger partial charge in [0, 0.05) is 12.1 Å². The van der Waals surface area contributed by atoms with Gasteiger partial charge in [0.15, 0.2) is 0 Å². The van der Waals surface area contributed by atoms with Gasteiger partial charge in [-0.1, -0.05) is 18.9 Å². The first-order valence-corrected chi connectivity index (χ1v) is 8.56. The number of rotatable bonds is 12. The third-order valence-corrected chi connectivity index (χ3v) is 3.92. The Morgan fingerprint density at radius 3 is 2.58 bits per heavy atom. The van der Waals surface area contributed by atoms with Gasteiger partial charge >= 0.3 is 5.97 Å². The summed E-state index contributed by atoms with van der Waals surface area (Å²) in [5.41, 5.74) is 6.23. The Balaban J connectivity index is 2.56. The molecule has 0 spiro atoms. The lowest BCUT2D eigenvalue weighted by atomic mass is 10.1. The van der Waals surface area contributed by atoms with Crippen LogP contribution in [-0.4, -0.2) is 41.0 Å². The van der Waals surface area contributed by atoms with Crippen LogP contribution in [0.4, 0.5) is 11.4 Å².